The van der Waals surface area contributed by atoms with Crippen LogP contribution in [0.25, 0.3) is 0 Å². The number of hydrogen-bond donors (Lipinski definition) is 2. The molecule has 17 heavy (non-hydrogen) atoms. The summed E-state index contributed by atoms with van der Waals surface area (Å²) in [5.41, 5.74) is 0. The third kappa shape index (κ3) is 7.84. The van der Waals surface area contributed by atoms with Crippen molar-refractivity contribution in [3.8, 4) is 0 Å². The zero-order chi connectivity index (χ0) is 11.8. The quantitative estimate of drug-likeness (QED) is 0.463. The third-order valence-corrected chi connectivity index (χ3v) is 3.18. The van der Waals surface area contributed by atoms with Crippen LogP contribution in [0.3, 0.4) is 0 Å². The van der Waals surface area contributed by atoms with Crippen LogP contribution in [0, 0.1) is 5.92 Å². The van der Waals surface area contributed by atoms with Gasteiger partial charge >= 0.3 is 0 Å². The summed E-state index contributed by atoms with van der Waals surface area (Å²) in [6.45, 7) is 5.52. The fourth-order valence-corrected chi connectivity index (χ4v) is 2.11. The van der Waals surface area contributed by atoms with Gasteiger partial charge in [0.2, 0.25) is 0 Å². The Balaban J connectivity index is 0.00000256. The summed E-state index contributed by atoms with van der Waals surface area (Å²) < 4.78 is 0. The molecule has 0 heterocycles. The minimum atomic E-state index is 0. The minimum Gasteiger partial charge on any atom is -0.356 e. The van der Waals surface area contributed by atoms with Crippen LogP contribution in [0.4, 0.5) is 0 Å². The standard InChI is InChI=1S/C13H27N3.HI/c1-11(2)9-10-15-13(14-3)16-12-7-5-4-6-8-12;/h11-12H,4-10H2,1-3H3,(H2,14,15,16);1H. The summed E-state index contributed by atoms with van der Waals surface area (Å²) in [4.78, 5) is 4.27. The summed E-state index contributed by atoms with van der Waals surface area (Å²) in [6.07, 6.45) is 7.92. The molecule has 0 aromatic rings. The molecule has 0 amide bonds. The van der Waals surface area contributed by atoms with E-state index in [1.54, 1.807) is 0 Å². The van der Waals surface area contributed by atoms with E-state index in [0.717, 1.165) is 18.4 Å². The highest BCUT2D eigenvalue weighted by Crippen LogP contribution is 2.17. The Morgan fingerprint density at radius 3 is 2.41 bits per heavy atom. The monoisotopic (exact) mass is 353 g/mol. The number of nitrogens with zero attached hydrogens (tertiary/aromatic N) is 1. The van der Waals surface area contributed by atoms with Crippen molar-refractivity contribution in [3.05, 3.63) is 0 Å². The van der Waals surface area contributed by atoms with Gasteiger partial charge in [-0.25, -0.2) is 0 Å². The molecular formula is C13H28IN3. The smallest absolute Gasteiger partial charge is 0.191 e. The predicted octanol–water partition coefficient (Wildman–Crippen LogP) is 3.15. The zero-order valence-corrected chi connectivity index (χ0v) is 13.8. The summed E-state index contributed by atoms with van der Waals surface area (Å²) >= 11 is 0. The molecule has 1 fully saturated rings. The van der Waals surface area contributed by atoms with Crippen molar-refractivity contribution >= 4 is 29.9 Å². The first kappa shape index (κ1) is 17.0. The molecule has 0 unspecified atom stereocenters. The number of halogens is 1. The summed E-state index contributed by atoms with van der Waals surface area (Å²) in [5.74, 6) is 1.73. The number of nitrogens with one attached hydrogen (secondary N) is 2. The van der Waals surface area contributed by atoms with Crippen LogP contribution in [-0.4, -0.2) is 25.6 Å². The van der Waals surface area contributed by atoms with Gasteiger partial charge in [-0.05, 0) is 25.2 Å². The number of aliphatic imine (C=N–C) groups is 1. The lowest BCUT2D eigenvalue weighted by molar-refractivity contribution is 0.409. The lowest BCUT2D eigenvalue weighted by Crippen LogP contribution is -2.44. The summed E-state index contributed by atoms with van der Waals surface area (Å²) in [6, 6.07) is 0.638. The first-order chi connectivity index (χ1) is 7.72. The molecule has 1 aliphatic rings. The predicted molar refractivity (Wildman–Crippen MR) is 86.2 cm³/mol. The zero-order valence-electron chi connectivity index (χ0n) is 11.5. The fraction of sp³-hybridized carbons (Fsp3) is 0.923. The maximum Gasteiger partial charge on any atom is 0.191 e. The highest BCUT2D eigenvalue weighted by molar-refractivity contribution is 14.0. The van der Waals surface area contributed by atoms with E-state index in [2.05, 4.69) is 29.5 Å². The summed E-state index contributed by atoms with van der Waals surface area (Å²) in [7, 11) is 1.85. The Morgan fingerprint density at radius 2 is 1.88 bits per heavy atom. The maximum atomic E-state index is 4.27. The second-order valence-electron chi connectivity index (χ2n) is 5.16. The van der Waals surface area contributed by atoms with Gasteiger partial charge in [-0.2, -0.15) is 0 Å². The first-order valence-corrected chi connectivity index (χ1v) is 6.69. The summed E-state index contributed by atoms with van der Waals surface area (Å²) in [5, 5.41) is 6.91. The molecule has 0 aromatic carbocycles. The van der Waals surface area contributed by atoms with Gasteiger partial charge in [0.15, 0.2) is 5.96 Å². The third-order valence-electron chi connectivity index (χ3n) is 3.18. The van der Waals surface area contributed by atoms with Crippen LogP contribution in [-0.2, 0) is 0 Å². The Morgan fingerprint density at radius 1 is 1.24 bits per heavy atom. The molecule has 0 radical (unpaired) electrons. The molecule has 1 rings (SSSR count). The average Bonchev–Trinajstić information content (AvgIpc) is 2.28. The Bertz CT molecular complexity index is 211. The van der Waals surface area contributed by atoms with E-state index in [0.29, 0.717) is 6.04 Å². The highest BCUT2D eigenvalue weighted by atomic mass is 127. The van der Waals surface area contributed by atoms with Gasteiger partial charge in [-0.15, -0.1) is 24.0 Å². The van der Waals surface area contributed by atoms with Crippen molar-refractivity contribution in [1.82, 2.24) is 10.6 Å². The molecule has 0 saturated heterocycles. The van der Waals surface area contributed by atoms with Gasteiger partial charge in [0.25, 0.3) is 0 Å². The van der Waals surface area contributed by atoms with E-state index in [4.69, 9.17) is 0 Å². The van der Waals surface area contributed by atoms with Crippen LogP contribution in [0.1, 0.15) is 52.4 Å². The fourth-order valence-electron chi connectivity index (χ4n) is 2.11. The van der Waals surface area contributed by atoms with Gasteiger partial charge in [0.05, 0.1) is 0 Å². The van der Waals surface area contributed by atoms with Crippen molar-refractivity contribution in [2.75, 3.05) is 13.6 Å². The number of guanidine groups is 1. The van der Waals surface area contributed by atoms with E-state index in [9.17, 15) is 0 Å². The molecule has 1 saturated carbocycles. The van der Waals surface area contributed by atoms with Gasteiger partial charge in [0.1, 0.15) is 0 Å². The lowest BCUT2D eigenvalue weighted by atomic mass is 9.96. The first-order valence-electron chi connectivity index (χ1n) is 6.69. The van der Waals surface area contributed by atoms with Crippen molar-refractivity contribution in [1.29, 1.82) is 0 Å². The molecule has 102 valence electrons. The SMILES string of the molecule is CN=C(NCCC(C)C)NC1CCCCC1.I. The van der Waals surface area contributed by atoms with Gasteiger partial charge < -0.3 is 10.6 Å². The van der Waals surface area contributed by atoms with Gasteiger partial charge in [-0.1, -0.05) is 33.1 Å². The molecule has 4 heteroatoms. The number of hydrogen-bond acceptors (Lipinski definition) is 1. The number of rotatable bonds is 4. The second kappa shape index (κ2) is 9.97. The molecule has 1 aliphatic carbocycles. The van der Waals surface area contributed by atoms with Crippen LogP contribution < -0.4 is 10.6 Å². The molecule has 0 spiro atoms. The van der Waals surface area contributed by atoms with Crippen molar-refractivity contribution in [3.63, 3.8) is 0 Å². The van der Waals surface area contributed by atoms with Crippen LogP contribution in [0.15, 0.2) is 4.99 Å². The van der Waals surface area contributed by atoms with Crippen LogP contribution >= 0.6 is 24.0 Å². The van der Waals surface area contributed by atoms with E-state index in [1.807, 2.05) is 7.05 Å². The lowest BCUT2D eigenvalue weighted by Gasteiger charge is -2.25. The van der Waals surface area contributed by atoms with Crippen molar-refractivity contribution < 1.29 is 0 Å². The second-order valence-corrected chi connectivity index (χ2v) is 5.16. The van der Waals surface area contributed by atoms with E-state index in [-0.39, 0.29) is 24.0 Å². The normalized spacial score (nSPS) is 17.8. The van der Waals surface area contributed by atoms with E-state index in [1.165, 1.54) is 38.5 Å². The molecule has 0 aromatic heterocycles. The highest BCUT2D eigenvalue weighted by Gasteiger charge is 2.14. The molecule has 3 nitrogen and oxygen atoms in total. The molecule has 0 aliphatic heterocycles. The largest absolute Gasteiger partial charge is 0.356 e. The van der Waals surface area contributed by atoms with E-state index >= 15 is 0 Å². The minimum absolute atomic E-state index is 0. The Labute approximate surface area is 123 Å². The molecular weight excluding hydrogens is 325 g/mol. The average molecular weight is 353 g/mol. The molecule has 0 bridgehead atoms. The maximum absolute atomic E-state index is 4.27. The molecule has 2 N–H and O–H groups in total. The Hall–Kier alpha value is 0. The van der Waals surface area contributed by atoms with Crippen LogP contribution in [0.2, 0.25) is 0 Å². The molecule has 0 atom stereocenters. The van der Waals surface area contributed by atoms with E-state index < -0.39 is 0 Å². The van der Waals surface area contributed by atoms with Gasteiger partial charge in [-0.3, -0.25) is 4.99 Å². The van der Waals surface area contributed by atoms with Gasteiger partial charge in [0, 0.05) is 19.6 Å². The van der Waals surface area contributed by atoms with Crippen LogP contribution in [0.5, 0.6) is 0 Å². The van der Waals surface area contributed by atoms with Crippen molar-refractivity contribution in [2.24, 2.45) is 10.9 Å². The van der Waals surface area contributed by atoms with Crippen molar-refractivity contribution in [2.45, 2.75) is 58.4 Å². The Kier molecular flexibility index (Phi) is 9.97. The topological polar surface area (TPSA) is 36.4 Å².